The molecule has 3 rings (SSSR count). The van der Waals surface area contributed by atoms with Gasteiger partial charge in [0.1, 0.15) is 5.01 Å². The molecule has 22 heavy (non-hydrogen) atoms. The maximum atomic E-state index is 12.1. The topological polar surface area (TPSA) is 84.7 Å². The molecule has 0 bridgehead atoms. The largest absolute Gasteiger partial charge is 0.344 e. The Balaban J connectivity index is 1.56. The number of thiazole rings is 1. The van der Waals surface area contributed by atoms with Gasteiger partial charge in [-0.3, -0.25) is 4.79 Å². The van der Waals surface area contributed by atoms with Gasteiger partial charge in [0.05, 0.1) is 18.8 Å². The number of hydrogen-bond donors (Lipinski definition) is 2. The highest BCUT2D eigenvalue weighted by Gasteiger charge is 2.18. The Labute approximate surface area is 133 Å². The van der Waals surface area contributed by atoms with Crippen LogP contribution in [0.5, 0.6) is 0 Å². The van der Waals surface area contributed by atoms with Crippen molar-refractivity contribution in [3.05, 3.63) is 28.0 Å². The van der Waals surface area contributed by atoms with Crippen LogP contribution in [0.1, 0.15) is 46.2 Å². The number of aromatic nitrogens is 4. The highest BCUT2D eigenvalue weighted by molar-refractivity contribution is 7.11. The highest BCUT2D eigenvalue weighted by atomic mass is 32.1. The average molecular weight is 320 g/mol. The van der Waals surface area contributed by atoms with E-state index >= 15 is 0 Å². The Morgan fingerprint density at radius 3 is 3.05 bits per heavy atom. The maximum absolute atomic E-state index is 12.1. The molecule has 0 unspecified atom stereocenters. The summed E-state index contributed by atoms with van der Waals surface area (Å²) in [5, 5.41) is 15.2. The molecule has 0 spiro atoms. The zero-order chi connectivity index (χ0) is 15.4. The monoisotopic (exact) mass is 320 g/mol. The minimum Gasteiger partial charge on any atom is -0.344 e. The van der Waals surface area contributed by atoms with E-state index in [1.807, 2.05) is 10.9 Å². The zero-order valence-corrected chi connectivity index (χ0v) is 13.4. The van der Waals surface area contributed by atoms with Crippen molar-refractivity contribution in [3.8, 4) is 0 Å². The molecule has 3 heterocycles. The second kappa shape index (κ2) is 6.97. The molecule has 1 saturated heterocycles. The summed E-state index contributed by atoms with van der Waals surface area (Å²) in [4.78, 5) is 17.6. The molecule has 1 amide bonds. The van der Waals surface area contributed by atoms with Gasteiger partial charge in [0.2, 0.25) is 0 Å². The summed E-state index contributed by atoms with van der Waals surface area (Å²) in [6.07, 6.45) is 6.60. The Hall–Kier alpha value is -1.80. The van der Waals surface area contributed by atoms with E-state index in [-0.39, 0.29) is 5.91 Å². The molecule has 1 fully saturated rings. The number of piperidine rings is 1. The van der Waals surface area contributed by atoms with E-state index in [2.05, 4.69) is 32.9 Å². The molecule has 0 saturated carbocycles. The van der Waals surface area contributed by atoms with Crippen molar-refractivity contribution in [1.29, 1.82) is 0 Å². The first-order chi connectivity index (χ1) is 10.8. The number of carbonyl (C=O) groups is 1. The predicted octanol–water partition coefficient (Wildman–Crippen LogP) is 1.15. The molecule has 1 aliphatic rings. The number of nitrogens with zero attached hydrogens (tertiary/aromatic N) is 4. The fourth-order valence-corrected chi connectivity index (χ4v) is 3.27. The average Bonchev–Trinajstić information content (AvgIpc) is 3.22. The molecule has 1 aliphatic heterocycles. The first-order valence-electron chi connectivity index (χ1n) is 7.60. The van der Waals surface area contributed by atoms with Crippen LogP contribution in [0.15, 0.2) is 12.4 Å². The number of aryl methyl sites for hydroxylation is 1. The second-order valence-corrected chi connectivity index (χ2v) is 6.52. The number of nitrogens with one attached hydrogen (secondary N) is 2. The molecule has 8 heteroatoms. The lowest BCUT2D eigenvalue weighted by molar-refractivity contribution is 0.0945. The SMILES string of the molecule is CCc1cnc(CNC(=O)c2cn(C3CCNCC3)nn2)s1. The summed E-state index contributed by atoms with van der Waals surface area (Å²) in [6.45, 7) is 4.49. The Kier molecular flexibility index (Phi) is 4.79. The maximum Gasteiger partial charge on any atom is 0.273 e. The van der Waals surface area contributed by atoms with Crippen LogP contribution in [-0.2, 0) is 13.0 Å². The molecule has 2 aromatic heterocycles. The molecule has 118 valence electrons. The zero-order valence-electron chi connectivity index (χ0n) is 12.6. The van der Waals surface area contributed by atoms with Crippen LogP contribution in [0.4, 0.5) is 0 Å². The number of rotatable bonds is 5. The fourth-order valence-electron chi connectivity index (χ4n) is 2.47. The molecule has 0 atom stereocenters. The Morgan fingerprint density at radius 2 is 2.32 bits per heavy atom. The van der Waals surface area contributed by atoms with Crippen molar-refractivity contribution in [2.45, 2.75) is 38.8 Å². The van der Waals surface area contributed by atoms with Gasteiger partial charge in [-0.25, -0.2) is 9.67 Å². The van der Waals surface area contributed by atoms with Crippen LogP contribution >= 0.6 is 11.3 Å². The van der Waals surface area contributed by atoms with Crippen molar-refractivity contribution < 1.29 is 4.79 Å². The van der Waals surface area contributed by atoms with Gasteiger partial charge in [-0.2, -0.15) is 0 Å². The molecule has 2 N–H and O–H groups in total. The van der Waals surface area contributed by atoms with Crippen LogP contribution in [0, 0.1) is 0 Å². The summed E-state index contributed by atoms with van der Waals surface area (Å²) in [7, 11) is 0. The van der Waals surface area contributed by atoms with Crippen molar-refractivity contribution in [1.82, 2.24) is 30.6 Å². The number of hydrogen-bond acceptors (Lipinski definition) is 6. The predicted molar refractivity (Wildman–Crippen MR) is 83.8 cm³/mol. The third-order valence-electron chi connectivity index (χ3n) is 3.78. The van der Waals surface area contributed by atoms with E-state index < -0.39 is 0 Å². The van der Waals surface area contributed by atoms with Crippen molar-refractivity contribution in [2.24, 2.45) is 0 Å². The van der Waals surface area contributed by atoms with Crippen molar-refractivity contribution in [3.63, 3.8) is 0 Å². The first-order valence-corrected chi connectivity index (χ1v) is 8.42. The molecule has 0 aromatic carbocycles. The lowest BCUT2D eigenvalue weighted by Crippen LogP contribution is -2.29. The van der Waals surface area contributed by atoms with Crippen LogP contribution in [0.25, 0.3) is 0 Å². The third-order valence-corrected chi connectivity index (χ3v) is 4.92. The van der Waals surface area contributed by atoms with Gasteiger partial charge in [-0.15, -0.1) is 16.4 Å². The van der Waals surface area contributed by atoms with Crippen molar-refractivity contribution in [2.75, 3.05) is 13.1 Å². The number of carbonyl (C=O) groups excluding carboxylic acids is 1. The molecular weight excluding hydrogens is 300 g/mol. The smallest absolute Gasteiger partial charge is 0.273 e. The summed E-state index contributed by atoms with van der Waals surface area (Å²) < 4.78 is 1.81. The van der Waals surface area contributed by atoms with Gasteiger partial charge in [-0.1, -0.05) is 12.1 Å². The summed E-state index contributed by atoms with van der Waals surface area (Å²) in [6, 6.07) is 0.335. The second-order valence-electron chi connectivity index (χ2n) is 5.32. The first kappa shape index (κ1) is 15.1. The van der Waals surface area contributed by atoms with Crippen LogP contribution in [0.3, 0.4) is 0 Å². The quantitative estimate of drug-likeness (QED) is 0.863. The molecule has 7 nitrogen and oxygen atoms in total. The Bertz CT molecular complexity index is 631. The fraction of sp³-hybridized carbons (Fsp3) is 0.571. The Morgan fingerprint density at radius 1 is 1.50 bits per heavy atom. The minimum atomic E-state index is -0.201. The van der Waals surface area contributed by atoms with Gasteiger partial charge >= 0.3 is 0 Å². The molecule has 0 aliphatic carbocycles. The minimum absolute atomic E-state index is 0.201. The summed E-state index contributed by atoms with van der Waals surface area (Å²) >= 11 is 1.62. The van der Waals surface area contributed by atoms with Crippen LogP contribution in [0.2, 0.25) is 0 Å². The lowest BCUT2D eigenvalue weighted by Gasteiger charge is -2.22. The lowest BCUT2D eigenvalue weighted by atomic mass is 10.1. The van der Waals surface area contributed by atoms with E-state index in [1.54, 1.807) is 17.5 Å². The standard InChI is InChI=1S/C14H20N6OS/c1-2-11-7-16-13(22-11)8-17-14(21)12-9-20(19-18-12)10-3-5-15-6-4-10/h7,9-10,15H,2-6,8H2,1H3,(H,17,21). The van der Waals surface area contributed by atoms with Gasteiger partial charge in [0.25, 0.3) is 5.91 Å². The number of amides is 1. The van der Waals surface area contributed by atoms with E-state index in [1.165, 1.54) is 4.88 Å². The highest BCUT2D eigenvalue weighted by Crippen LogP contribution is 2.17. The van der Waals surface area contributed by atoms with Gasteiger partial charge in [-0.05, 0) is 32.4 Å². The normalized spacial score (nSPS) is 15.9. The van der Waals surface area contributed by atoms with E-state index in [0.29, 0.717) is 18.3 Å². The van der Waals surface area contributed by atoms with Crippen molar-refractivity contribution >= 4 is 17.2 Å². The van der Waals surface area contributed by atoms with E-state index in [4.69, 9.17) is 0 Å². The third kappa shape index (κ3) is 3.50. The van der Waals surface area contributed by atoms with Gasteiger partial charge in [0.15, 0.2) is 5.69 Å². The summed E-state index contributed by atoms with van der Waals surface area (Å²) in [5.74, 6) is -0.201. The van der Waals surface area contributed by atoms with Crippen LogP contribution in [-0.4, -0.2) is 39.0 Å². The molecule has 2 aromatic rings. The summed E-state index contributed by atoms with van der Waals surface area (Å²) in [5.41, 5.74) is 0.366. The van der Waals surface area contributed by atoms with Gasteiger partial charge < -0.3 is 10.6 Å². The van der Waals surface area contributed by atoms with E-state index in [9.17, 15) is 4.79 Å². The van der Waals surface area contributed by atoms with Gasteiger partial charge in [0, 0.05) is 11.1 Å². The molecule has 0 radical (unpaired) electrons. The van der Waals surface area contributed by atoms with Crippen LogP contribution < -0.4 is 10.6 Å². The van der Waals surface area contributed by atoms with E-state index in [0.717, 1.165) is 37.4 Å². The molecular formula is C14H20N6OS.